The molecule has 0 spiro atoms. The van der Waals surface area contributed by atoms with Crippen LogP contribution in [0.3, 0.4) is 0 Å². The van der Waals surface area contributed by atoms with Crippen molar-refractivity contribution in [2.45, 2.75) is 19.6 Å². The molecule has 0 fully saturated rings. The summed E-state index contributed by atoms with van der Waals surface area (Å²) in [4.78, 5) is 13.3. The van der Waals surface area contributed by atoms with Crippen LogP contribution in [0.25, 0.3) is 0 Å². The number of nitrogens with zero attached hydrogens (tertiary/aromatic N) is 1. The molecule has 106 valence electrons. The maximum absolute atomic E-state index is 13.0. The highest BCUT2D eigenvalue weighted by molar-refractivity contribution is 7.98. The van der Waals surface area contributed by atoms with Crippen LogP contribution < -0.4 is 0 Å². The standard InChI is InChI=1S/C14H20FNO2S/c1-3-16(4-2)7-8-19-10-11-5-6-12(15)9-13(11)14(17)18/h5-6,9H,3-4,7-8,10H2,1-2H3,(H,17,18). The summed E-state index contributed by atoms with van der Waals surface area (Å²) in [5, 5.41) is 9.03. The second kappa shape index (κ2) is 8.17. The monoisotopic (exact) mass is 285 g/mol. The molecule has 0 radical (unpaired) electrons. The molecule has 19 heavy (non-hydrogen) atoms. The smallest absolute Gasteiger partial charge is 0.336 e. The lowest BCUT2D eigenvalue weighted by atomic mass is 10.1. The molecule has 0 saturated heterocycles. The van der Waals surface area contributed by atoms with Crippen molar-refractivity contribution in [1.82, 2.24) is 4.90 Å². The molecule has 5 heteroatoms. The van der Waals surface area contributed by atoms with Crippen molar-refractivity contribution < 1.29 is 14.3 Å². The first-order valence-corrected chi connectivity index (χ1v) is 7.55. The summed E-state index contributed by atoms with van der Waals surface area (Å²) >= 11 is 1.68. The number of thioether (sulfide) groups is 1. The Bertz CT molecular complexity index is 422. The number of hydrogen-bond donors (Lipinski definition) is 1. The van der Waals surface area contributed by atoms with Crippen LogP contribution >= 0.6 is 11.8 Å². The normalized spacial score (nSPS) is 10.9. The lowest BCUT2D eigenvalue weighted by Crippen LogP contribution is -2.25. The third-order valence-electron chi connectivity index (χ3n) is 3.01. The Labute approximate surface area is 117 Å². The molecular formula is C14H20FNO2S. The minimum atomic E-state index is -1.07. The van der Waals surface area contributed by atoms with Gasteiger partial charge in [0.25, 0.3) is 0 Å². The van der Waals surface area contributed by atoms with Crippen molar-refractivity contribution in [3.8, 4) is 0 Å². The Kier molecular flexibility index (Phi) is 6.87. The Morgan fingerprint density at radius 3 is 2.63 bits per heavy atom. The van der Waals surface area contributed by atoms with Gasteiger partial charge in [0.1, 0.15) is 5.82 Å². The second-order valence-electron chi connectivity index (χ2n) is 4.19. The van der Waals surface area contributed by atoms with Crippen LogP contribution in [0.2, 0.25) is 0 Å². The maximum atomic E-state index is 13.0. The molecule has 0 aliphatic carbocycles. The first kappa shape index (κ1) is 16.0. The van der Waals surface area contributed by atoms with Crippen molar-refractivity contribution in [1.29, 1.82) is 0 Å². The first-order chi connectivity index (χ1) is 9.08. The molecule has 0 aromatic heterocycles. The number of hydrogen-bond acceptors (Lipinski definition) is 3. The van der Waals surface area contributed by atoms with Crippen LogP contribution in [0, 0.1) is 5.82 Å². The maximum Gasteiger partial charge on any atom is 0.336 e. The van der Waals surface area contributed by atoms with Crippen LogP contribution in [0.15, 0.2) is 18.2 Å². The summed E-state index contributed by atoms with van der Waals surface area (Å²) < 4.78 is 13.0. The van der Waals surface area contributed by atoms with Gasteiger partial charge in [0.2, 0.25) is 0 Å². The van der Waals surface area contributed by atoms with Gasteiger partial charge in [-0.1, -0.05) is 19.9 Å². The highest BCUT2D eigenvalue weighted by Gasteiger charge is 2.11. The van der Waals surface area contributed by atoms with Gasteiger partial charge in [0.15, 0.2) is 0 Å². The number of halogens is 1. The SMILES string of the molecule is CCN(CC)CCSCc1ccc(F)cc1C(=O)O. The van der Waals surface area contributed by atoms with E-state index in [4.69, 9.17) is 5.11 Å². The first-order valence-electron chi connectivity index (χ1n) is 6.40. The van der Waals surface area contributed by atoms with Gasteiger partial charge in [-0.2, -0.15) is 11.8 Å². The summed E-state index contributed by atoms with van der Waals surface area (Å²) in [5.74, 6) is -0.0328. The van der Waals surface area contributed by atoms with Crippen LogP contribution in [0.5, 0.6) is 0 Å². The summed E-state index contributed by atoms with van der Waals surface area (Å²) in [6, 6.07) is 3.96. The predicted molar refractivity (Wildman–Crippen MR) is 77.3 cm³/mol. The van der Waals surface area contributed by atoms with E-state index in [9.17, 15) is 9.18 Å². The van der Waals surface area contributed by atoms with Gasteiger partial charge in [0, 0.05) is 18.1 Å². The van der Waals surface area contributed by atoms with E-state index in [0.717, 1.165) is 31.5 Å². The number of carboxylic acids is 1. The average Bonchev–Trinajstić information content (AvgIpc) is 2.40. The number of benzene rings is 1. The Hall–Kier alpha value is -1.07. The molecule has 1 N–H and O–H groups in total. The zero-order valence-corrected chi connectivity index (χ0v) is 12.2. The highest BCUT2D eigenvalue weighted by atomic mass is 32.2. The average molecular weight is 285 g/mol. The summed E-state index contributed by atoms with van der Waals surface area (Å²) in [7, 11) is 0. The molecule has 0 atom stereocenters. The fraction of sp³-hybridized carbons (Fsp3) is 0.500. The zero-order chi connectivity index (χ0) is 14.3. The minimum Gasteiger partial charge on any atom is -0.478 e. The quantitative estimate of drug-likeness (QED) is 0.745. The number of carbonyl (C=O) groups is 1. The lowest BCUT2D eigenvalue weighted by Gasteiger charge is -2.17. The Morgan fingerprint density at radius 1 is 1.37 bits per heavy atom. The van der Waals surface area contributed by atoms with E-state index in [1.165, 1.54) is 6.07 Å². The van der Waals surface area contributed by atoms with E-state index < -0.39 is 11.8 Å². The Balaban J connectivity index is 2.51. The van der Waals surface area contributed by atoms with Crippen LogP contribution in [0.1, 0.15) is 29.8 Å². The lowest BCUT2D eigenvalue weighted by molar-refractivity contribution is 0.0695. The third kappa shape index (κ3) is 5.20. The molecular weight excluding hydrogens is 265 g/mol. The van der Waals surface area contributed by atoms with Crippen molar-refractivity contribution in [3.05, 3.63) is 35.1 Å². The fourth-order valence-corrected chi connectivity index (χ4v) is 2.79. The second-order valence-corrected chi connectivity index (χ2v) is 5.29. The third-order valence-corrected chi connectivity index (χ3v) is 3.99. The molecule has 1 aromatic rings. The van der Waals surface area contributed by atoms with Gasteiger partial charge in [-0.15, -0.1) is 0 Å². The largest absolute Gasteiger partial charge is 0.478 e. The molecule has 1 rings (SSSR count). The molecule has 0 heterocycles. The van der Waals surface area contributed by atoms with Gasteiger partial charge in [0.05, 0.1) is 5.56 Å². The van der Waals surface area contributed by atoms with Crippen molar-refractivity contribution >= 4 is 17.7 Å². The van der Waals surface area contributed by atoms with E-state index >= 15 is 0 Å². The topological polar surface area (TPSA) is 40.5 Å². The van der Waals surface area contributed by atoms with Gasteiger partial charge in [-0.05, 0) is 30.8 Å². The molecule has 3 nitrogen and oxygen atoms in total. The molecule has 0 aliphatic heterocycles. The van der Waals surface area contributed by atoms with Crippen molar-refractivity contribution in [2.75, 3.05) is 25.4 Å². The van der Waals surface area contributed by atoms with Gasteiger partial charge in [-0.3, -0.25) is 0 Å². The van der Waals surface area contributed by atoms with Crippen molar-refractivity contribution in [2.24, 2.45) is 0 Å². The van der Waals surface area contributed by atoms with Crippen LogP contribution in [-0.4, -0.2) is 41.4 Å². The van der Waals surface area contributed by atoms with Crippen molar-refractivity contribution in [3.63, 3.8) is 0 Å². The van der Waals surface area contributed by atoms with Gasteiger partial charge >= 0.3 is 5.97 Å². The highest BCUT2D eigenvalue weighted by Crippen LogP contribution is 2.18. The number of rotatable bonds is 8. The van der Waals surface area contributed by atoms with E-state index in [2.05, 4.69) is 18.7 Å². The molecule has 0 unspecified atom stereocenters. The molecule has 0 bridgehead atoms. The summed E-state index contributed by atoms with van der Waals surface area (Å²) in [6.45, 7) is 7.27. The van der Waals surface area contributed by atoms with E-state index in [-0.39, 0.29) is 5.56 Å². The molecule has 0 saturated carbocycles. The predicted octanol–water partition coefficient (Wildman–Crippen LogP) is 3.10. The molecule has 0 aliphatic rings. The summed E-state index contributed by atoms with van der Waals surface area (Å²) in [6.07, 6.45) is 0. The zero-order valence-electron chi connectivity index (χ0n) is 11.4. The van der Waals surface area contributed by atoms with Gasteiger partial charge < -0.3 is 10.0 Å². The Morgan fingerprint density at radius 2 is 2.05 bits per heavy atom. The van der Waals surface area contributed by atoms with E-state index in [1.807, 2.05) is 0 Å². The summed E-state index contributed by atoms with van der Waals surface area (Å²) in [5.41, 5.74) is 0.744. The minimum absolute atomic E-state index is 0.0651. The number of carboxylic acid groups (broad SMARTS) is 1. The molecule has 0 amide bonds. The van der Waals surface area contributed by atoms with Crippen LogP contribution in [-0.2, 0) is 5.75 Å². The molecule has 1 aromatic carbocycles. The van der Waals surface area contributed by atoms with Crippen LogP contribution in [0.4, 0.5) is 4.39 Å². The van der Waals surface area contributed by atoms with E-state index in [0.29, 0.717) is 11.3 Å². The number of aromatic carboxylic acids is 1. The van der Waals surface area contributed by atoms with Gasteiger partial charge in [-0.25, -0.2) is 9.18 Å². The fourth-order valence-electron chi connectivity index (χ4n) is 1.79. The van der Waals surface area contributed by atoms with E-state index in [1.54, 1.807) is 17.8 Å².